The highest BCUT2D eigenvalue weighted by Crippen LogP contribution is 2.19. The third kappa shape index (κ3) is 5.62. The summed E-state index contributed by atoms with van der Waals surface area (Å²) in [5.41, 5.74) is 2.15. The smallest absolute Gasteiger partial charge is 0.260 e. The second kappa shape index (κ2) is 9.44. The zero-order valence-corrected chi connectivity index (χ0v) is 17.0. The number of amides is 1. The van der Waals surface area contributed by atoms with Crippen molar-refractivity contribution in [3.05, 3.63) is 48.2 Å². The Bertz CT molecular complexity index is 776. The number of hydrogen-bond donors (Lipinski definition) is 1. The Kier molecular flexibility index (Phi) is 6.74. The summed E-state index contributed by atoms with van der Waals surface area (Å²) in [6.07, 6.45) is 4.82. The molecule has 1 unspecified atom stereocenters. The molecule has 3 rings (SSSR count). The maximum absolute atomic E-state index is 12.5. The number of nitrogens with one attached hydrogen (secondary N) is 1. The van der Waals surface area contributed by atoms with Gasteiger partial charge in [-0.15, -0.1) is 0 Å². The van der Waals surface area contributed by atoms with Crippen LogP contribution in [0.2, 0.25) is 0 Å². The van der Waals surface area contributed by atoms with Gasteiger partial charge in [0.25, 0.3) is 5.91 Å². The SMILES string of the molecule is Cc1cccc(OCC(=O)N2CCCC(Nc3ccc(N(C)C)nc3)CC2)c1. The summed E-state index contributed by atoms with van der Waals surface area (Å²) in [5, 5.41) is 3.56. The summed E-state index contributed by atoms with van der Waals surface area (Å²) >= 11 is 0. The average molecular weight is 383 g/mol. The Morgan fingerprint density at radius 3 is 2.82 bits per heavy atom. The lowest BCUT2D eigenvalue weighted by Crippen LogP contribution is -2.36. The highest BCUT2D eigenvalue weighted by Gasteiger charge is 2.21. The van der Waals surface area contributed by atoms with Crippen molar-refractivity contribution in [3.8, 4) is 5.75 Å². The quantitative estimate of drug-likeness (QED) is 0.830. The monoisotopic (exact) mass is 382 g/mol. The van der Waals surface area contributed by atoms with Crippen LogP contribution in [0.1, 0.15) is 24.8 Å². The molecular weight excluding hydrogens is 352 g/mol. The van der Waals surface area contributed by atoms with Crippen molar-refractivity contribution in [2.24, 2.45) is 0 Å². The molecule has 6 heteroatoms. The molecule has 1 N–H and O–H groups in total. The first-order valence-electron chi connectivity index (χ1n) is 9.88. The minimum atomic E-state index is 0.0548. The fourth-order valence-electron chi connectivity index (χ4n) is 3.40. The molecule has 6 nitrogen and oxygen atoms in total. The van der Waals surface area contributed by atoms with E-state index in [0.717, 1.165) is 55.2 Å². The summed E-state index contributed by atoms with van der Waals surface area (Å²) in [7, 11) is 3.96. The van der Waals surface area contributed by atoms with Gasteiger partial charge in [-0.05, 0) is 56.0 Å². The van der Waals surface area contributed by atoms with Crippen molar-refractivity contribution in [1.82, 2.24) is 9.88 Å². The van der Waals surface area contributed by atoms with Crippen LogP contribution in [0.3, 0.4) is 0 Å². The van der Waals surface area contributed by atoms with Gasteiger partial charge < -0.3 is 19.9 Å². The Labute approximate surface area is 167 Å². The molecule has 0 bridgehead atoms. The number of pyridine rings is 1. The Balaban J connectivity index is 1.47. The van der Waals surface area contributed by atoms with Crippen molar-refractivity contribution in [1.29, 1.82) is 0 Å². The molecule has 1 fully saturated rings. The summed E-state index contributed by atoms with van der Waals surface area (Å²) in [6.45, 7) is 3.64. The predicted molar refractivity (Wildman–Crippen MR) is 113 cm³/mol. The van der Waals surface area contributed by atoms with E-state index in [1.807, 2.05) is 67.3 Å². The van der Waals surface area contributed by atoms with Crippen molar-refractivity contribution in [2.45, 2.75) is 32.2 Å². The summed E-state index contributed by atoms with van der Waals surface area (Å²) < 4.78 is 5.68. The normalized spacial score (nSPS) is 17.0. The molecule has 2 heterocycles. The molecule has 0 saturated carbocycles. The van der Waals surface area contributed by atoms with Gasteiger partial charge in [-0.3, -0.25) is 4.79 Å². The molecule has 2 aromatic rings. The van der Waals surface area contributed by atoms with E-state index < -0.39 is 0 Å². The van der Waals surface area contributed by atoms with Gasteiger partial charge in [-0.2, -0.15) is 0 Å². The number of carbonyl (C=O) groups excluding carboxylic acids is 1. The van der Waals surface area contributed by atoms with E-state index >= 15 is 0 Å². The van der Waals surface area contributed by atoms with Crippen LogP contribution in [0.4, 0.5) is 11.5 Å². The Morgan fingerprint density at radius 1 is 1.25 bits per heavy atom. The summed E-state index contributed by atoms with van der Waals surface area (Å²) in [4.78, 5) is 20.9. The zero-order chi connectivity index (χ0) is 19.9. The van der Waals surface area contributed by atoms with Crippen LogP contribution in [0.15, 0.2) is 42.6 Å². The number of nitrogens with zero attached hydrogens (tertiary/aromatic N) is 3. The van der Waals surface area contributed by atoms with E-state index in [-0.39, 0.29) is 12.5 Å². The molecule has 0 radical (unpaired) electrons. The lowest BCUT2D eigenvalue weighted by molar-refractivity contribution is -0.133. The first kappa shape index (κ1) is 20.0. The lowest BCUT2D eigenvalue weighted by atomic mass is 10.1. The number of benzene rings is 1. The van der Waals surface area contributed by atoms with E-state index in [2.05, 4.69) is 16.4 Å². The maximum atomic E-state index is 12.5. The number of anilines is 2. The first-order valence-corrected chi connectivity index (χ1v) is 9.88. The van der Waals surface area contributed by atoms with Crippen molar-refractivity contribution >= 4 is 17.4 Å². The van der Waals surface area contributed by atoms with Crippen LogP contribution in [0.5, 0.6) is 5.75 Å². The van der Waals surface area contributed by atoms with Crippen LogP contribution in [0, 0.1) is 6.92 Å². The van der Waals surface area contributed by atoms with Gasteiger partial charge in [0, 0.05) is 33.2 Å². The Hall–Kier alpha value is -2.76. The standard InChI is InChI=1S/C22H30N4O2/c1-17-6-4-8-20(14-17)28-16-22(27)26-12-5-7-18(11-13-26)24-19-9-10-21(23-15-19)25(2)3/h4,6,8-10,14-15,18,24H,5,7,11-13,16H2,1-3H3. The second-order valence-corrected chi connectivity index (χ2v) is 7.56. The molecule has 1 aliphatic rings. The van der Waals surface area contributed by atoms with Crippen LogP contribution in [-0.4, -0.2) is 55.6 Å². The van der Waals surface area contributed by atoms with E-state index in [0.29, 0.717) is 6.04 Å². The van der Waals surface area contributed by atoms with Gasteiger partial charge in [0.15, 0.2) is 6.61 Å². The molecule has 1 atom stereocenters. The number of carbonyl (C=O) groups is 1. The second-order valence-electron chi connectivity index (χ2n) is 7.56. The third-order valence-corrected chi connectivity index (χ3v) is 5.01. The summed E-state index contributed by atoms with van der Waals surface area (Å²) in [6, 6.07) is 12.2. The number of hydrogen-bond acceptors (Lipinski definition) is 5. The molecule has 150 valence electrons. The lowest BCUT2D eigenvalue weighted by Gasteiger charge is -2.21. The number of aryl methyl sites for hydroxylation is 1. The number of rotatable bonds is 6. The molecular formula is C22H30N4O2. The van der Waals surface area contributed by atoms with Crippen LogP contribution in [0.25, 0.3) is 0 Å². The van der Waals surface area contributed by atoms with Crippen LogP contribution < -0.4 is 15.0 Å². The molecule has 0 spiro atoms. The van der Waals surface area contributed by atoms with Gasteiger partial charge in [0.05, 0.1) is 11.9 Å². The van der Waals surface area contributed by atoms with Gasteiger partial charge >= 0.3 is 0 Å². The van der Waals surface area contributed by atoms with Gasteiger partial charge in [0.2, 0.25) is 0 Å². The molecule has 0 aliphatic carbocycles. The van der Waals surface area contributed by atoms with Crippen molar-refractivity contribution in [2.75, 3.05) is 44.0 Å². The van der Waals surface area contributed by atoms with Gasteiger partial charge in [-0.1, -0.05) is 12.1 Å². The average Bonchev–Trinajstić information content (AvgIpc) is 2.92. The van der Waals surface area contributed by atoms with Gasteiger partial charge in [0.1, 0.15) is 11.6 Å². The molecule has 1 aliphatic heterocycles. The number of aromatic nitrogens is 1. The van der Waals surface area contributed by atoms with Crippen molar-refractivity contribution < 1.29 is 9.53 Å². The van der Waals surface area contributed by atoms with E-state index in [4.69, 9.17) is 4.74 Å². The molecule has 1 aromatic carbocycles. The topological polar surface area (TPSA) is 57.7 Å². The highest BCUT2D eigenvalue weighted by molar-refractivity contribution is 5.77. The minimum absolute atomic E-state index is 0.0548. The van der Waals surface area contributed by atoms with E-state index in [1.54, 1.807) is 0 Å². The molecule has 1 amide bonds. The van der Waals surface area contributed by atoms with Crippen LogP contribution in [-0.2, 0) is 4.79 Å². The third-order valence-electron chi connectivity index (χ3n) is 5.01. The fraction of sp³-hybridized carbons (Fsp3) is 0.455. The molecule has 28 heavy (non-hydrogen) atoms. The Morgan fingerprint density at radius 2 is 2.11 bits per heavy atom. The zero-order valence-electron chi connectivity index (χ0n) is 17.0. The van der Waals surface area contributed by atoms with Gasteiger partial charge in [-0.25, -0.2) is 4.98 Å². The maximum Gasteiger partial charge on any atom is 0.260 e. The van der Waals surface area contributed by atoms with Crippen LogP contribution >= 0.6 is 0 Å². The molecule has 1 saturated heterocycles. The summed E-state index contributed by atoms with van der Waals surface area (Å²) in [5.74, 6) is 1.74. The largest absolute Gasteiger partial charge is 0.484 e. The number of likely N-dealkylation sites (tertiary alicyclic amines) is 1. The van der Waals surface area contributed by atoms with Crippen molar-refractivity contribution in [3.63, 3.8) is 0 Å². The first-order chi connectivity index (χ1) is 13.5. The fourth-order valence-corrected chi connectivity index (χ4v) is 3.40. The number of ether oxygens (including phenoxy) is 1. The van der Waals surface area contributed by atoms with E-state index in [1.165, 1.54) is 0 Å². The molecule has 1 aromatic heterocycles. The minimum Gasteiger partial charge on any atom is -0.484 e. The highest BCUT2D eigenvalue weighted by atomic mass is 16.5. The predicted octanol–water partition coefficient (Wildman–Crippen LogP) is 3.33. The van der Waals surface area contributed by atoms with E-state index in [9.17, 15) is 4.79 Å².